The normalized spacial score (nSPS) is 23.9. The molecule has 1 aliphatic carbocycles. The molecule has 0 aromatic heterocycles. The van der Waals surface area contributed by atoms with Gasteiger partial charge in [0, 0.05) is 19.1 Å². The van der Waals surface area contributed by atoms with Crippen LogP contribution in [-0.2, 0) is 4.79 Å². The average Bonchev–Trinajstić information content (AvgIpc) is 3.22. The predicted molar refractivity (Wildman–Crippen MR) is 79.1 cm³/mol. The van der Waals surface area contributed by atoms with E-state index in [9.17, 15) is 4.79 Å². The van der Waals surface area contributed by atoms with Crippen molar-refractivity contribution in [2.24, 2.45) is 5.92 Å². The Labute approximate surface area is 118 Å². The highest BCUT2D eigenvalue weighted by Gasteiger charge is 2.29. The number of amides is 1. The molecule has 3 nitrogen and oxygen atoms in total. The molecule has 0 spiro atoms. The van der Waals surface area contributed by atoms with Gasteiger partial charge < -0.3 is 4.90 Å². The number of rotatable bonds is 7. The molecule has 0 bridgehead atoms. The zero-order chi connectivity index (χ0) is 13.7. The van der Waals surface area contributed by atoms with E-state index in [0.29, 0.717) is 18.5 Å². The minimum Gasteiger partial charge on any atom is -0.339 e. The highest BCUT2D eigenvalue weighted by atomic mass is 16.2. The Kier molecular flexibility index (Phi) is 5.68. The molecule has 2 rings (SSSR count). The molecule has 19 heavy (non-hydrogen) atoms. The van der Waals surface area contributed by atoms with Gasteiger partial charge in [-0.2, -0.15) is 0 Å². The Hall–Kier alpha value is -0.570. The Morgan fingerprint density at radius 1 is 1.21 bits per heavy atom. The standard InChI is InChI=1S/C16H30N2O/c1-3-10-17(12-14-8-9-14)13-16(19)18-11-6-5-7-15(18)4-2/h14-15H,3-13H2,1-2H3. The Balaban J connectivity index is 1.85. The second-order valence-electron chi connectivity index (χ2n) is 6.32. The van der Waals surface area contributed by atoms with Gasteiger partial charge in [-0.3, -0.25) is 9.69 Å². The first kappa shape index (κ1) is 14.8. The number of piperidine rings is 1. The van der Waals surface area contributed by atoms with Gasteiger partial charge in [-0.15, -0.1) is 0 Å². The minimum atomic E-state index is 0.376. The van der Waals surface area contributed by atoms with Crippen molar-refractivity contribution in [2.45, 2.75) is 64.8 Å². The maximum Gasteiger partial charge on any atom is 0.236 e. The first-order valence-corrected chi connectivity index (χ1v) is 8.26. The van der Waals surface area contributed by atoms with E-state index in [1.165, 1.54) is 32.1 Å². The third-order valence-electron chi connectivity index (χ3n) is 4.53. The van der Waals surface area contributed by atoms with Gasteiger partial charge in [0.15, 0.2) is 0 Å². The fourth-order valence-corrected chi connectivity index (χ4v) is 3.25. The third-order valence-corrected chi connectivity index (χ3v) is 4.53. The van der Waals surface area contributed by atoms with Crippen molar-refractivity contribution in [3.63, 3.8) is 0 Å². The SMILES string of the molecule is CCCN(CC(=O)N1CCCCC1CC)CC1CC1. The van der Waals surface area contributed by atoms with Crippen molar-refractivity contribution in [3.8, 4) is 0 Å². The minimum absolute atomic E-state index is 0.376. The average molecular weight is 266 g/mol. The molecule has 1 unspecified atom stereocenters. The van der Waals surface area contributed by atoms with Crippen molar-refractivity contribution < 1.29 is 4.79 Å². The van der Waals surface area contributed by atoms with Crippen LogP contribution < -0.4 is 0 Å². The summed E-state index contributed by atoms with van der Waals surface area (Å²) in [6.07, 6.45) is 8.70. The molecule has 1 heterocycles. The van der Waals surface area contributed by atoms with Gasteiger partial charge in [-0.25, -0.2) is 0 Å². The molecule has 110 valence electrons. The molecule has 0 aromatic carbocycles. The lowest BCUT2D eigenvalue weighted by Gasteiger charge is -2.36. The van der Waals surface area contributed by atoms with Crippen molar-refractivity contribution in [1.29, 1.82) is 0 Å². The molecule has 3 heteroatoms. The van der Waals surface area contributed by atoms with Crippen molar-refractivity contribution in [1.82, 2.24) is 9.80 Å². The van der Waals surface area contributed by atoms with Gasteiger partial charge in [0.1, 0.15) is 0 Å². The van der Waals surface area contributed by atoms with Crippen LogP contribution in [-0.4, -0.2) is 47.9 Å². The largest absolute Gasteiger partial charge is 0.339 e. The van der Waals surface area contributed by atoms with Crippen molar-refractivity contribution in [2.75, 3.05) is 26.2 Å². The maximum atomic E-state index is 12.5. The van der Waals surface area contributed by atoms with Crippen LogP contribution in [0.15, 0.2) is 0 Å². The highest BCUT2D eigenvalue weighted by molar-refractivity contribution is 5.78. The molecule has 1 saturated carbocycles. The summed E-state index contributed by atoms with van der Waals surface area (Å²) in [5.41, 5.74) is 0. The van der Waals surface area contributed by atoms with Crippen LogP contribution in [0, 0.1) is 5.92 Å². The molecular weight excluding hydrogens is 236 g/mol. The van der Waals surface area contributed by atoms with Gasteiger partial charge in [0.05, 0.1) is 6.54 Å². The zero-order valence-electron chi connectivity index (χ0n) is 12.7. The highest BCUT2D eigenvalue weighted by Crippen LogP contribution is 2.30. The number of nitrogens with zero attached hydrogens (tertiary/aromatic N) is 2. The van der Waals surface area contributed by atoms with Gasteiger partial charge >= 0.3 is 0 Å². The quantitative estimate of drug-likeness (QED) is 0.707. The summed E-state index contributed by atoms with van der Waals surface area (Å²) in [5.74, 6) is 1.25. The van der Waals surface area contributed by atoms with E-state index < -0.39 is 0 Å². The molecule has 1 amide bonds. The van der Waals surface area contributed by atoms with E-state index in [1.54, 1.807) is 0 Å². The summed E-state index contributed by atoms with van der Waals surface area (Å²) in [4.78, 5) is 17.1. The maximum absolute atomic E-state index is 12.5. The van der Waals surface area contributed by atoms with Gasteiger partial charge in [-0.1, -0.05) is 13.8 Å². The van der Waals surface area contributed by atoms with Crippen LogP contribution in [0.25, 0.3) is 0 Å². The van der Waals surface area contributed by atoms with Crippen LogP contribution in [0.5, 0.6) is 0 Å². The Bertz CT molecular complexity index is 288. The molecular formula is C16H30N2O. The number of carbonyl (C=O) groups is 1. The number of hydrogen-bond acceptors (Lipinski definition) is 2. The lowest BCUT2D eigenvalue weighted by molar-refractivity contribution is -0.136. The Morgan fingerprint density at radius 2 is 2.00 bits per heavy atom. The second kappa shape index (κ2) is 7.28. The first-order valence-electron chi connectivity index (χ1n) is 8.26. The second-order valence-corrected chi connectivity index (χ2v) is 6.32. The van der Waals surface area contributed by atoms with E-state index in [1.807, 2.05) is 0 Å². The fourth-order valence-electron chi connectivity index (χ4n) is 3.25. The smallest absolute Gasteiger partial charge is 0.236 e. The van der Waals surface area contributed by atoms with Crippen LogP contribution in [0.4, 0.5) is 0 Å². The van der Waals surface area contributed by atoms with Gasteiger partial charge in [0.25, 0.3) is 0 Å². The van der Waals surface area contributed by atoms with E-state index >= 15 is 0 Å². The monoisotopic (exact) mass is 266 g/mol. The summed E-state index contributed by atoms with van der Waals surface area (Å²) in [5, 5.41) is 0. The molecule has 1 saturated heterocycles. The topological polar surface area (TPSA) is 23.6 Å². The van der Waals surface area contributed by atoms with Crippen molar-refractivity contribution >= 4 is 5.91 Å². The molecule has 0 radical (unpaired) electrons. The number of likely N-dealkylation sites (tertiary alicyclic amines) is 1. The third kappa shape index (κ3) is 4.48. The van der Waals surface area contributed by atoms with E-state index in [-0.39, 0.29) is 0 Å². The van der Waals surface area contributed by atoms with Crippen LogP contribution in [0.1, 0.15) is 58.8 Å². The number of hydrogen-bond donors (Lipinski definition) is 0. The summed E-state index contributed by atoms with van der Waals surface area (Å²) in [6.45, 7) is 8.28. The lowest BCUT2D eigenvalue weighted by atomic mass is 10.00. The molecule has 2 aliphatic rings. The van der Waals surface area contributed by atoms with Crippen LogP contribution in [0.3, 0.4) is 0 Å². The van der Waals surface area contributed by atoms with E-state index in [0.717, 1.165) is 38.4 Å². The molecule has 1 aliphatic heterocycles. The predicted octanol–water partition coefficient (Wildman–Crippen LogP) is 2.90. The first-order chi connectivity index (χ1) is 9.24. The summed E-state index contributed by atoms with van der Waals surface area (Å²) < 4.78 is 0. The molecule has 0 aromatic rings. The van der Waals surface area contributed by atoms with E-state index in [2.05, 4.69) is 23.6 Å². The van der Waals surface area contributed by atoms with Gasteiger partial charge in [0.2, 0.25) is 5.91 Å². The lowest BCUT2D eigenvalue weighted by Crippen LogP contribution is -2.48. The van der Waals surface area contributed by atoms with E-state index in [4.69, 9.17) is 0 Å². The summed E-state index contributed by atoms with van der Waals surface area (Å²) in [7, 11) is 0. The summed E-state index contributed by atoms with van der Waals surface area (Å²) in [6, 6.07) is 0.505. The summed E-state index contributed by atoms with van der Waals surface area (Å²) >= 11 is 0. The molecule has 2 fully saturated rings. The zero-order valence-corrected chi connectivity index (χ0v) is 12.7. The number of carbonyl (C=O) groups excluding carboxylic acids is 1. The Morgan fingerprint density at radius 3 is 2.63 bits per heavy atom. The molecule has 1 atom stereocenters. The fraction of sp³-hybridized carbons (Fsp3) is 0.938. The van der Waals surface area contributed by atoms with Gasteiger partial charge in [-0.05, 0) is 57.4 Å². The van der Waals surface area contributed by atoms with Crippen LogP contribution >= 0.6 is 0 Å². The molecule has 0 N–H and O–H groups in total. The van der Waals surface area contributed by atoms with Crippen molar-refractivity contribution in [3.05, 3.63) is 0 Å². The van der Waals surface area contributed by atoms with Crippen LogP contribution in [0.2, 0.25) is 0 Å².